The van der Waals surface area contributed by atoms with Gasteiger partial charge in [0.2, 0.25) is 5.91 Å². The highest BCUT2D eigenvalue weighted by molar-refractivity contribution is 5.78. The van der Waals surface area contributed by atoms with Crippen molar-refractivity contribution in [2.45, 2.75) is 45.6 Å². The number of hydrogen-bond donors (Lipinski definition) is 2. The van der Waals surface area contributed by atoms with Gasteiger partial charge in [-0.1, -0.05) is 26.2 Å². The number of amides is 1. The quantitative estimate of drug-likeness (QED) is 0.581. The van der Waals surface area contributed by atoms with E-state index in [1.807, 2.05) is 18.9 Å². The van der Waals surface area contributed by atoms with Crippen LogP contribution in [0.25, 0.3) is 0 Å². The van der Waals surface area contributed by atoms with Crippen LogP contribution in [0.5, 0.6) is 0 Å². The lowest BCUT2D eigenvalue weighted by molar-refractivity contribution is -0.122. The molecule has 0 aliphatic heterocycles. The van der Waals surface area contributed by atoms with Gasteiger partial charge in [-0.3, -0.25) is 9.69 Å². The van der Waals surface area contributed by atoms with Crippen molar-refractivity contribution in [2.24, 2.45) is 0 Å². The van der Waals surface area contributed by atoms with E-state index in [0.29, 0.717) is 13.1 Å². The maximum atomic E-state index is 11.5. The van der Waals surface area contributed by atoms with E-state index in [1.54, 1.807) is 0 Å². The second-order valence-corrected chi connectivity index (χ2v) is 4.43. The summed E-state index contributed by atoms with van der Waals surface area (Å²) < 4.78 is 0. The van der Waals surface area contributed by atoms with Crippen LogP contribution in [0.4, 0.5) is 0 Å². The zero-order valence-electron chi connectivity index (χ0n) is 10.8. The number of hydrogen-bond acceptors (Lipinski definition) is 3. The van der Waals surface area contributed by atoms with Crippen LogP contribution in [-0.2, 0) is 4.79 Å². The number of nitrogens with zero attached hydrogens (tertiary/aromatic N) is 1. The van der Waals surface area contributed by atoms with Crippen LogP contribution in [-0.4, -0.2) is 48.7 Å². The van der Waals surface area contributed by atoms with Crippen molar-refractivity contribution in [3.05, 3.63) is 0 Å². The second-order valence-electron chi connectivity index (χ2n) is 4.43. The molecule has 0 aromatic carbocycles. The van der Waals surface area contributed by atoms with Gasteiger partial charge < -0.3 is 10.4 Å². The molecule has 4 nitrogen and oxygen atoms in total. The Bertz CT molecular complexity index is 186. The van der Waals surface area contributed by atoms with Crippen molar-refractivity contribution < 1.29 is 9.90 Å². The summed E-state index contributed by atoms with van der Waals surface area (Å²) in [5, 5.41) is 11.7. The summed E-state index contributed by atoms with van der Waals surface area (Å²) in [5.41, 5.74) is 0. The number of rotatable bonds is 9. The fourth-order valence-electron chi connectivity index (χ4n) is 1.59. The minimum absolute atomic E-state index is 0.0416. The molecular formula is C12H26N2O2. The lowest BCUT2D eigenvalue weighted by atomic mass is 10.1. The number of nitrogens with one attached hydrogen (secondary N) is 1. The first-order valence-corrected chi connectivity index (χ1v) is 6.18. The topological polar surface area (TPSA) is 52.6 Å². The van der Waals surface area contributed by atoms with Crippen LogP contribution >= 0.6 is 0 Å². The molecule has 0 aromatic heterocycles. The zero-order chi connectivity index (χ0) is 12.4. The SMILES string of the molecule is CCCCCC(C)NC(=O)CN(C)CCO. The first-order valence-electron chi connectivity index (χ1n) is 6.18. The molecule has 96 valence electrons. The molecule has 0 fully saturated rings. The molecule has 0 radical (unpaired) electrons. The summed E-state index contributed by atoms with van der Waals surface area (Å²) in [6.07, 6.45) is 4.65. The molecular weight excluding hydrogens is 204 g/mol. The van der Waals surface area contributed by atoms with Crippen LogP contribution in [0.3, 0.4) is 0 Å². The van der Waals surface area contributed by atoms with Gasteiger partial charge in [0.25, 0.3) is 0 Å². The Morgan fingerprint density at radius 1 is 1.44 bits per heavy atom. The molecule has 2 N–H and O–H groups in total. The van der Waals surface area contributed by atoms with E-state index in [2.05, 4.69) is 12.2 Å². The standard InChI is InChI=1S/C12H26N2O2/c1-4-5-6-7-11(2)13-12(16)10-14(3)8-9-15/h11,15H,4-10H2,1-3H3,(H,13,16). The molecule has 0 aliphatic carbocycles. The van der Waals surface area contributed by atoms with E-state index < -0.39 is 0 Å². The molecule has 0 saturated heterocycles. The van der Waals surface area contributed by atoms with E-state index in [4.69, 9.17) is 5.11 Å². The Hall–Kier alpha value is -0.610. The monoisotopic (exact) mass is 230 g/mol. The molecule has 0 spiro atoms. The zero-order valence-corrected chi connectivity index (χ0v) is 10.8. The molecule has 0 aliphatic rings. The van der Waals surface area contributed by atoms with E-state index in [9.17, 15) is 4.79 Å². The van der Waals surface area contributed by atoms with Crippen LogP contribution in [0.1, 0.15) is 39.5 Å². The third-order valence-corrected chi connectivity index (χ3v) is 2.54. The van der Waals surface area contributed by atoms with Gasteiger partial charge in [-0.2, -0.15) is 0 Å². The highest BCUT2D eigenvalue weighted by atomic mass is 16.3. The van der Waals surface area contributed by atoms with Crippen LogP contribution in [0, 0.1) is 0 Å². The largest absolute Gasteiger partial charge is 0.395 e. The van der Waals surface area contributed by atoms with Gasteiger partial charge in [0.1, 0.15) is 0 Å². The molecule has 4 heteroatoms. The minimum atomic E-state index is 0.0416. The van der Waals surface area contributed by atoms with Gasteiger partial charge in [0.05, 0.1) is 13.2 Å². The number of likely N-dealkylation sites (N-methyl/N-ethyl adjacent to an activating group) is 1. The third-order valence-electron chi connectivity index (χ3n) is 2.54. The van der Waals surface area contributed by atoms with Gasteiger partial charge >= 0.3 is 0 Å². The van der Waals surface area contributed by atoms with E-state index in [1.165, 1.54) is 19.3 Å². The second kappa shape index (κ2) is 9.60. The highest BCUT2D eigenvalue weighted by Gasteiger charge is 2.09. The number of aliphatic hydroxyl groups is 1. The molecule has 16 heavy (non-hydrogen) atoms. The number of carbonyl (C=O) groups excluding carboxylic acids is 1. The van der Waals surface area contributed by atoms with E-state index >= 15 is 0 Å². The highest BCUT2D eigenvalue weighted by Crippen LogP contribution is 2.02. The van der Waals surface area contributed by atoms with E-state index in [-0.39, 0.29) is 18.6 Å². The Morgan fingerprint density at radius 3 is 2.69 bits per heavy atom. The molecule has 1 atom stereocenters. The summed E-state index contributed by atoms with van der Waals surface area (Å²) >= 11 is 0. The number of aliphatic hydroxyl groups excluding tert-OH is 1. The van der Waals surface area contributed by atoms with Crippen molar-refractivity contribution in [3.63, 3.8) is 0 Å². The summed E-state index contributed by atoms with van der Waals surface area (Å²) in [5.74, 6) is 0.0416. The molecule has 0 bridgehead atoms. The lowest BCUT2D eigenvalue weighted by Crippen LogP contribution is -2.40. The van der Waals surface area contributed by atoms with Crippen molar-refractivity contribution in [2.75, 3.05) is 26.7 Å². The van der Waals surface area contributed by atoms with E-state index in [0.717, 1.165) is 6.42 Å². The predicted molar refractivity (Wildman–Crippen MR) is 66.3 cm³/mol. The van der Waals surface area contributed by atoms with Crippen LogP contribution < -0.4 is 5.32 Å². The first-order chi connectivity index (χ1) is 7.60. The van der Waals surface area contributed by atoms with Crippen molar-refractivity contribution in [3.8, 4) is 0 Å². The Morgan fingerprint density at radius 2 is 2.12 bits per heavy atom. The molecule has 0 rings (SSSR count). The van der Waals surface area contributed by atoms with Crippen molar-refractivity contribution >= 4 is 5.91 Å². The van der Waals surface area contributed by atoms with Gasteiger partial charge in [-0.05, 0) is 20.4 Å². The summed E-state index contributed by atoms with van der Waals surface area (Å²) in [6, 6.07) is 0.251. The van der Waals surface area contributed by atoms with Gasteiger partial charge in [-0.15, -0.1) is 0 Å². The Labute approximate surface area is 99.0 Å². The smallest absolute Gasteiger partial charge is 0.234 e. The molecule has 1 amide bonds. The molecule has 0 aromatic rings. The molecule has 0 heterocycles. The summed E-state index contributed by atoms with van der Waals surface area (Å²) in [4.78, 5) is 13.4. The third kappa shape index (κ3) is 8.68. The summed E-state index contributed by atoms with van der Waals surface area (Å²) in [7, 11) is 1.83. The average Bonchev–Trinajstić information content (AvgIpc) is 2.17. The minimum Gasteiger partial charge on any atom is -0.395 e. The van der Waals surface area contributed by atoms with Crippen LogP contribution in [0.15, 0.2) is 0 Å². The number of carbonyl (C=O) groups is 1. The van der Waals surface area contributed by atoms with Crippen molar-refractivity contribution in [1.82, 2.24) is 10.2 Å². The number of unbranched alkanes of at least 4 members (excludes halogenated alkanes) is 2. The fourth-order valence-corrected chi connectivity index (χ4v) is 1.59. The predicted octanol–water partition coefficient (Wildman–Crippen LogP) is 0.995. The molecule has 1 unspecified atom stereocenters. The Kier molecular flexibility index (Phi) is 9.24. The maximum absolute atomic E-state index is 11.5. The Balaban J connectivity index is 3.61. The van der Waals surface area contributed by atoms with Crippen molar-refractivity contribution in [1.29, 1.82) is 0 Å². The van der Waals surface area contributed by atoms with Gasteiger partial charge in [0, 0.05) is 12.6 Å². The first kappa shape index (κ1) is 15.4. The fraction of sp³-hybridized carbons (Fsp3) is 0.917. The maximum Gasteiger partial charge on any atom is 0.234 e. The summed E-state index contributed by atoms with van der Waals surface area (Å²) in [6.45, 7) is 5.21. The average molecular weight is 230 g/mol. The van der Waals surface area contributed by atoms with Gasteiger partial charge in [0.15, 0.2) is 0 Å². The molecule has 0 saturated carbocycles. The van der Waals surface area contributed by atoms with Crippen LogP contribution in [0.2, 0.25) is 0 Å². The lowest BCUT2D eigenvalue weighted by Gasteiger charge is -2.18. The van der Waals surface area contributed by atoms with Gasteiger partial charge in [-0.25, -0.2) is 0 Å². The normalized spacial score (nSPS) is 12.8.